The van der Waals surface area contributed by atoms with Gasteiger partial charge in [-0.15, -0.1) is 0 Å². The topological polar surface area (TPSA) is 64.7 Å². The zero-order chi connectivity index (χ0) is 20.3. The number of hydrogen-bond acceptors (Lipinski definition) is 3. The van der Waals surface area contributed by atoms with Gasteiger partial charge in [0.2, 0.25) is 5.91 Å². The van der Waals surface area contributed by atoms with Crippen LogP contribution in [0.25, 0.3) is 0 Å². The maximum atomic E-state index is 13.0. The van der Waals surface area contributed by atoms with Gasteiger partial charge >= 0.3 is 0 Å². The molecule has 1 amide bonds. The molecule has 2 heterocycles. The number of hydrogen-bond donors (Lipinski definition) is 1. The van der Waals surface area contributed by atoms with E-state index in [1.165, 1.54) is 10.9 Å². The molecular weight excluding hydrogens is 402 g/mol. The van der Waals surface area contributed by atoms with E-state index in [9.17, 15) is 22.4 Å². The molecule has 0 spiro atoms. The summed E-state index contributed by atoms with van der Waals surface area (Å²) in [5, 5.41) is 10.0. The number of amides is 1. The number of nitrogens with one attached hydrogen (secondary N) is 1. The predicted octanol–water partition coefficient (Wildman–Crippen LogP) is 4.30. The minimum atomic E-state index is -3.05. The van der Waals surface area contributed by atoms with E-state index in [0.717, 1.165) is 5.56 Å². The van der Waals surface area contributed by atoms with Gasteiger partial charge in [0.15, 0.2) is 5.82 Å². The van der Waals surface area contributed by atoms with Crippen molar-refractivity contribution in [2.45, 2.75) is 25.9 Å². The average molecular weight is 416 g/mol. The first kappa shape index (κ1) is 19.9. The van der Waals surface area contributed by atoms with E-state index in [2.05, 4.69) is 15.5 Å². The zero-order valence-electron chi connectivity index (χ0n) is 14.2. The second-order valence-electron chi connectivity index (χ2n) is 5.81. The molecule has 1 aromatic carbocycles. The second kappa shape index (κ2) is 8.42. The summed E-state index contributed by atoms with van der Waals surface area (Å²) < 4.78 is 53.4. The summed E-state index contributed by atoms with van der Waals surface area (Å²) in [7, 11) is 0. The van der Waals surface area contributed by atoms with Crippen LogP contribution in [-0.4, -0.2) is 25.5 Å². The number of halogens is 5. The monoisotopic (exact) mass is 415 g/mol. The highest BCUT2D eigenvalue weighted by Gasteiger charge is 2.23. The summed E-state index contributed by atoms with van der Waals surface area (Å²) >= 11 is 6.05. The number of aromatic nitrogens is 4. The first-order valence-electron chi connectivity index (χ1n) is 8.04. The lowest BCUT2D eigenvalue weighted by atomic mass is 10.2. The fourth-order valence-corrected chi connectivity index (χ4v) is 2.70. The molecule has 0 aliphatic heterocycles. The van der Waals surface area contributed by atoms with Crippen molar-refractivity contribution >= 4 is 23.3 Å². The second-order valence-corrected chi connectivity index (χ2v) is 6.22. The lowest BCUT2D eigenvalue weighted by molar-refractivity contribution is -0.117. The number of alkyl halides is 4. The van der Waals surface area contributed by atoms with Crippen LogP contribution >= 0.6 is 11.6 Å². The lowest BCUT2D eigenvalue weighted by Crippen LogP contribution is -2.21. The number of carbonyl (C=O) groups excluding carboxylic acids is 1. The third-order valence-electron chi connectivity index (χ3n) is 3.73. The van der Waals surface area contributed by atoms with Crippen molar-refractivity contribution in [3.63, 3.8) is 0 Å². The van der Waals surface area contributed by atoms with E-state index in [-0.39, 0.29) is 10.8 Å². The van der Waals surface area contributed by atoms with Gasteiger partial charge < -0.3 is 5.32 Å². The average Bonchev–Trinajstić information content (AvgIpc) is 3.20. The maximum Gasteiger partial charge on any atom is 0.282 e. The van der Waals surface area contributed by atoms with Gasteiger partial charge in [0.05, 0.1) is 6.54 Å². The summed E-state index contributed by atoms with van der Waals surface area (Å²) in [5.74, 6) is -0.750. The SMILES string of the molecule is O=C(Cn1nc(C(F)F)cc1C(F)F)Nc1nn(Cc2ccccc2)cc1Cl. The maximum absolute atomic E-state index is 13.0. The van der Waals surface area contributed by atoms with E-state index in [1.54, 1.807) is 0 Å². The Labute approximate surface area is 161 Å². The fourth-order valence-electron chi connectivity index (χ4n) is 2.50. The first-order valence-corrected chi connectivity index (χ1v) is 8.42. The quantitative estimate of drug-likeness (QED) is 0.585. The number of anilines is 1. The Bertz CT molecular complexity index is 958. The van der Waals surface area contributed by atoms with Crippen LogP contribution in [0.2, 0.25) is 5.02 Å². The van der Waals surface area contributed by atoms with Crippen LogP contribution < -0.4 is 5.32 Å². The Morgan fingerprint density at radius 3 is 2.46 bits per heavy atom. The molecule has 11 heteroatoms. The minimum Gasteiger partial charge on any atom is -0.306 e. The van der Waals surface area contributed by atoms with Crippen molar-refractivity contribution < 1.29 is 22.4 Å². The fraction of sp³-hybridized carbons (Fsp3) is 0.235. The molecule has 0 aliphatic rings. The minimum absolute atomic E-state index is 0.0300. The van der Waals surface area contributed by atoms with Crippen LogP contribution in [0.4, 0.5) is 23.4 Å². The molecule has 3 aromatic rings. The van der Waals surface area contributed by atoms with Crippen molar-refractivity contribution in [3.8, 4) is 0 Å². The molecule has 0 atom stereocenters. The molecule has 0 radical (unpaired) electrons. The van der Waals surface area contributed by atoms with Crippen molar-refractivity contribution in [1.29, 1.82) is 0 Å². The number of carbonyl (C=O) groups is 1. The summed E-state index contributed by atoms with van der Waals surface area (Å²) in [4.78, 5) is 12.1. The molecule has 28 heavy (non-hydrogen) atoms. The van der Waals surface area contributed by atoms with Gasteiger partial charge in [0.25, 0.3) is 12.9 Å². The van der Waals surface area contributed by atoms with Gasteiger partial charge in [-0.3, -0.25) is 14.2 Å². The molecule has 1 N–H and O–H groups in total. The molecule has 0 fully saturated rings. The highest BCUT2D eigenvalue weighted by atomic mass is 35.5. The van der Waals surface area contributed by atoms with Gasteiger partial charge in [0, 0.05) is 6.20 Å². The number of rotatable bonds is 7. The number of nitrogens with zero attached hydrogens (tertiary/aromatic N) is 4. The van der Waals surface area contributed by atoms with Crippen molar-refractivity contribution in [3.05, 3.63) is 64.6 Å². The molecule has 6 nitrogen and oxygen atoms in total. The Balaban J connectivity index is 1.70. The largest absolute Gasteiger partial charge is 0.306 e. The molecule has 0 saturated heterocycles. The molecule has 0 bridgehead atoms. The Hall–Kier alpha value is -2.88. The van der Waals surface area contributed by atoms with Crippen molar-refractivity contribution in [1.82, 2.24) is 19.6 Å². The summed E-state index contributed by atoms with van der Waals surface area (Å²) in [6, 6.07) is 9.94. The van der Waals surface area contributed by atoms with Crippen LogP contribution in [0.1, 0.15) is 29.8 Å². The highest BCUT2D eigenvalue weighted by molar-refractivity contribution is 6.33. The van der Waals surface area contributed by atoms with E-state index in [0.29, 0.717) is 17.3 Å². The lowest BCUT2D eigenvalue weighted by Gasteiger charge is -2.07. The highest BCUT2D eigenvalue weighted by Crippen LogP contribution is 2.25. The van der Waals surface area contributed by atoms with Crippen LogP contribution in [0.3, 0.4) is 0 Å². The third-order valence-corrected chi connectivity index (χ3v) is 4.01. The molecule has 0 aliphatic carbocycles. The van der Waals surface area contributed by atoms with Gasteiger partial charge in [0.1, 0.15) is 23.0 Å². The Kier molecular flexibility index (Phi) is 5.98. The van der Waals surface area contributed by atoms with E-state index in [4.69, 9.17) is 11.6 Å². The van der Waals surface area contributed by atoms with Crippen LogP contribution in [0, 0.1) is 0 Å². The molecular formula is C17H14ClF4N5O. The zero-order valence-corrected chi connectivity index (χ0v) is 15.0. The first-order chi connectivity index (χ1) is 13.3. The summed E-state index contributed by atoms with van der Waals surface area (Å²) in [6.07, 6.45) is -4.58. The van der Waals surface area contributed by atoms with Crippen LogP contribution in [0.5, 0.6) is 0 Å². The van der Waals surface area contributed by atoms with E-state index >= 15 is 0 Å². The molecule has 0 unspecified atom stereocenters. The summed E-state index contributed by atoms with van der Waals surface area (Å²) in [6.45, 7) is -0.281. The number of benzene rings is 1. The van der Waals surface area contributed by atoms with Crippen molar-refractivity contribution in [2.75, 3.05) is 5.32 Å². The smallest absolute Gasteiger partial charge is 0.282 e. The Morgan fingerprint density at radius 2 is 1.82 bits per heavy atom. The normalized spacial score (nSPS) is 11.4. The van der Waals surface area contributed by atoms with Crippen molar-refractivity contribution in [2.24, 2.45) is 0 Å². The predicted molar refractivity (Wildman–Crippen MR) is 93.6 cm³/mol. The van der Waals surface area contributed by atoms with E-state index in [1.807, 2.05) is 30.3 Å². The molecule has 2 aromatic heterocycles. The van der Waals surface area contributed by atoms with Crippen LogP contribution in [-0.2, 0) is 17.9 Å². The summed E-state index contributed by atoms with van der Waals surface area (Å²) in [5.41, 5.74) is -0.642. The van der Waals surface area contributed by atoms with Gasteiger partial charge in [-0.1, -0.05) is 41.9 Å². The standard InChI is InChI=1S/C17H14ClF4N5O/c18-11-8-26(7-10-4-2-1-3-5-10)25-17(11)23-14(28)9-27-13(16(21)22)6-12(24-27)15(19)20/h1-6,8,15-16H,7,9H2,(H,23,25,28). The molecule has 148 valence electrons. The van der Waals surface area contributed by atoms with Gasteiger partial charge in [-0.25, -0.2) is 17.6 Å². The van der Waals surface area contributed by atoms with Crippen LogP contribution in [0.15, 0.2) is 42.6 Å². The third kappa shape index (κ3) is 4.69. The van der Waals surface area contributed by atoms with Gasteiger partial charge in [-0.2, -0.15) is 10.2 Å². The molecule has 3 rings (SSSR count). The van der Waals surface area contributed by atoms with E-state index < -0.39 is 36.7 Å². The molecule has 0 saturated carbocycles. The van der Waals surface area contributed by atoms with Gasteiger partial charge in [-0.05, 0) is 11.6 Å². The Morgan fingerprint density at radius 1 is 1.11 bits per heavy atom.